The zero-order valence-electron chi connectivity index (χ0n) is 14.8. The van der Waals surface area contributed by atoms with Gasteiger partial charge in [-0.15, -0.1) is 11.3 Å². The third-order valence-electron chi connectivity index (χ3n) is 4.34. The Kier molecular flexibility index (Phi) is 5.76. The fraction of sp³-hybridized carbons (Fsp3) is 0.389. The van der Waals surface area contributed by atoms with Gasteiger partial charge in [0.15, 0.2) is 0 Å². The van der Waals surface area contributed by atoms with Gasteiger partial charge in [-0.25, -0.2) is 8.42 Å². The number of methoxy groups -OCH3 is 1. The van der Waals surface area contributed by atoms with Gasteiger partial charge in [-0.1, -0.05) is 24.3 Å². The minimum Gasteiger partial charge on any atom is -0.383 e. The molecule has 1 aromatic carbocycles. The zero-order valence-corrected chi connectivity index (χ0v) is 16.4. The van der Waals surface area contributed by atoms with Gasteiger partial charge in [-0.3, -0.25) is 4.79 Å². The summed E-state index contributed by atoms with van der Waals surface area (Å²) in [5.74, 6) is -0.388. The van der Waals surface area contributed by atoms with Gasteiger partial charge in [-0.2, -0.15) is 4.31 Å². The van der Waals surface area contributed by atoms with E-state index in [-0.39, 0.29) is 21.7 Å². The molecule has 0 aliphatic carbocycles. The van der Waals surface area contributed by atoms with Gasteiger partial charge < -0.3 is 10.1 Å². The first-order valence-corrected chi connectivity index (χ1v) is 10.7. The normalized spacial score (nSPS) is 16.1. The first kappa shape index (κ1) is 19.0. The Morgan fingerprint density at radius 2 is 2.04 bits per heavy atom. The molecule has 1 N–H and O–H groups in total. The van der Waals surface area contributed by atoms with Crippen LogP contribution >= 0.6 is 11.3 Å². The lowest BCUT2D eigenvalue weighted by atomic mass is 10.0. The van der Waals surface area contributed by atoms with Crippen molar-refractivity contribution in [2.75, 3.05) is 20.3 Å². The third kappa shape index (κ3) is 3.83. The van der Waals surface area contributed by atoms with Crippen molar-refractivity contribution in [1.29, 1.82) is 0 Å². The fourth-order valence-corrected chi connectivity index (χ4v) is 5.78. The molecule has 26 heavy (non-hydrogen) atoms. The minimum atomic E-state index is -3.73. The maximum absolute atomic E-state index is 13.1. The highest BCUT2D eigenvalue weighted by Crippen LogP contribution is 2.29. The maximum Gasteiger partial charge on any atom is 0.263 e. The number of hydrogen-bond donors (Lipinski definition) is 1. The van der Waals surface area contributed by atoms with E-state index < -0.39 is 10.0 Å². The number of benzene rings is 1. The average Bonchev–Trinajstić information content (AvgIpc) is 3.12. The van der Waals surface area contributed by atoms with Gasteiger partial charge in [0.1, 0.15) is 9.77 Å². The number of sulfonamides is 1. The molecule has 1 amide bonds. The smallest absolute Gasteiger partial charge is 0.263 e. The summed E-state index contributed by atoms with van der Waals surface area (Å²) in [6.07, 6.45) is 0.673. The Labute approximate surface area is 157 Å². The summed E-state index contributed by atoms with van der Waals surface area (Å²) < 4.78 is 32.7. The third-order valence-corrected chi connectivity index (χ3v) is 7.27. The van der Waals surface area contributed by atoms with Crippen molar-refractivity contribution in [1.82, 2.24) is 9.62 Å². The molecule has 0 saturated heterocycles. The predicted molar refractivity (Wildman–Crippen MR) is 101 cm³/mol. The lowest BCUT2D eigenvalue weighted by molar-refractivity contribution is 0.0906. The highest BCUT2D eigenvalue weighted by molar-refractivity contribution is 7.89. The number of thiophene rings is 1. The highest BCUT2D eigenvalue weighted by Gasteiger charge is 2.32. The number of hydrogen-bond acceptors (Lipinski definition) is 5. The Morgan fingerprint density at radius 1 is 1.31 bits per heavy atom. The van der Waals surface area contributed by atoms with Crippen molar-refractivity contribution in [3.63, 3.8) is 0 Å². The molecule has 0 saturated carbocycles. The van der Waals surface area contributed by atoms with Crippen LogP contribution < -0.4 is 5.32 Å². The first-order chi connectivity index (χ1) is 12.4. The molecule has 8 heteroatoms. The molecule has 2 heterocycles. The molecule has 140 valence electrons. The van der Waals surface area contributed by atoms with Crippen LogP contribution in [0.1, 0.15) is 27.7 Å². The van der Waals surface area contributed by atoms with Crippen LogP contribution in [0.5, 0.6) is 0 Å². The summed E-state index contributed by atoms with van der Waals surface area (Å²) in [7, 11) is -2.18. The lowest BCUT2D eigenvalue weighted by Gasteiger charge is -2.28. The Balaban J connectivity index is 1.83. The Bertz CT molecular complexity index is 892. The molecular weight excluding hydrogens is 372 g/mol. The van der Waals surface area contributed by atoms with Crippen LogP contribution in [0.4, 0.5) is 0 Å². The van der Waals surface area contributed by atoms with Gasteiger partial charge in [-0.05, 0) is 35.9 Å². The summed E-state index contributed by atoms with van der Waals surface area (Å²) in [5.41, 5.74) is 2.19. The summed E-state index contributed by atoms with van der Waals surface area (Å²) in [5, 5.41) is 4.42. The average molecular weight is 395 g/mol. The van der Waals surface area contributed by atoms with Crippen LogP contribution in [-0.2, 0) is 27.7 Å². The second-order valence-electron chi connectivity index (χ2n) is 6.30. The van der Waals surface area contributed by atoms with E-state index in [2.05, 4.69) is 5.32 Å². The van der Waals surface area contributed by atoms with E-state index in [9.17, 15) is 13.2 Å². The van der Waals surface area contributed by atoms with Crippen LogP contribution in [0, 0.1) is 0 Å². The molecule has 0 radical (unpaired) electrons. The van der Waals surface area contributed by atoms with Crippen molar-refractivity contribution in [3.8, 4) is 0 Å². The van der Waals surface area contributed by atoms with Gasteiger partial charge in [0, 0.05) is 26.2 Å². The van der Waals surface area contributed by atoms with E-state index in [1.807, 2.05) is 31.2 Å². The molecule has 1 aliphatic heterocycles. The van der Waals surface area contributed by atoms with Crippen molar-refractivity contribution in [2.24, 2.45) is 0 Å². The monoisotopic (exact) mass is 394 g/mol. The largest absolute Gasteiger partial charge is 0.383 e. The van der Waals surface area contributed by atoms with Crippen LogP contribution in [0.3, 0.4) is 0 Å². The van der Waals surface area contributed by atoms with Crippen LogP contribution in [0.2, 0.25) is 0 Å². The molecule has 2 aromatic rings. The van der Waals surface area contributed by atoms with E-state index in [0.29, 0.717) is 26.1 Å². The van der Waals surface area contributed by atoms with Crippen LogP contribution in [-0.4, -0.2) is 44.9 Å². The molecule has 0 fully saturated rings. The molecule has 1 atom stereocenters. The van der Waals surface area contributed by atoms with Crippen LogP contribution in [0.15, 0.2) is 40.6 Å². The number of ether oxygens (including phenoxy) is 1. The summed E-state index contributed by atoms with van der Waals surface area (Å²) in [4.78, 5) is 12.8. The first-order valence-electron chi connectivity index (χ1n) is 8.37. The van der Waals surface area contributed by atoms with Crippen molar-refractivity contribution in [3.05, 3.63) is 51.7 Å². The molecule has 6 nitrogen and oxygen atoms in total. The van der Waals surface area contributed by atoms with Gasteiger partial charge >= 0.3 is 0 Å². The molecule has 1 aliphatic rings. The standard InChI is InChI=1S/C18H22N2O4S2/c1-13(12-24-2)19-18(21)17-16(8-10-25-17)26(22,23)20-9-7-14-5-3-4-6-15(14)11-20/h3-6,8,10,13H,7,9,11-12H2,1-2H3,(H,19,21). The van der Waals surface area contributed by atoms with Gasteiger partial charge in [0.05, 0.1) is 6.61 Å². The maximum atomic E-state index is 13.1. The fourth-order valence-electron chi connectivity index (χ4n) is 3.06. The Morgan fingerprint density at radius 3 is 2.77 bits per heavy atom. The van der Waals surface area contributed by atoms with Crippen molar-refractivity contribution >= 4 is 27.3 Å². The number of fused-ring (bicyclic) bond motifs is 1. The molecule has 3 rings (SSSR count). The summed E-state index contributed by atoms with van der Waals surface area (Å²) in [6, 6.07) is 9.16. The second kappa shape index (κ2) is 7.87. The van der Waals surface area contributed by atoms with E-state index in [1.54, 1.807) is 12.5 Å². The van der Waals surface area contributed by atoms with E-state index in [0.717, 1.165) is 16.9 Å². The van der Waals surface area contributed by atoms with E-state index >= 15 is 0 Å². The quantitative estimate of drug-likeness (QED) is 0.815. The summed E-state index contributed by atoms with van der Waals surface area (Å²) >= 11 is 1.14. The molecule has 0 spiro atoms. The molecule has 1 unspecified atom stereocenters. The second-order valence-corrected chi connectivity index (χ2v) is 9.12. The molecular formula is C18H22N2O4S2. The predicted octanol–water partition coefficient (Wildman–Crippen LogP) is 2.26. The topological polar surface area (TPSA) is 75.7 Å². The van der Waals surface area contributed by atoms with Gasteiger partial charge in [0.2, 0.25) is 10.0 Å². The van der Waals surface area contributed by atoms with Crippen molar-refractivity contribution < 1.29 is 17.9 Å². The number of carbonyl (C=O) groups is 1. The lowest BCUT2D eigenvalue weighted by Crippen LogP contribution is -2.38. The van der Waals surface area contributed by atoms with E-state index in [1.165, 1.54) is 15.9 Å². The number of nitrogens with zero attached hydrogens (tertiary/aromatic N) is 1. The number of carbonyl (C=O) groups excluding carboxylic acids is 1. The van der Waals surface area contributed by atoms with Crippen LogP contribution in [0.25, 0.3) is 0 Å². The molecule has 0 bridgehead atoms. The number of amides is 1. The highest BCUT2D eigenvalue weighted by atomic mass is 32.2. The Hall–Kier alpha value is -1.74. The SMILES string of the molecule is COCC(C)NC(=O)c1sccc1S(=O)(=O)N1CCc2ccccc2C1. The summed E-state index contributed by atoms with van der Waals surface area (Å²) in [6.45, 7) is 2.92. The van der Waals surface area contributed by atoms with Gasteiger partial charge in [0.25, 0.3) is 5.91 Å². The molecule has 1 aromatic heterocycles. The van der Waals surface area contributed by atoms with Crippen molar-refractivity contribution in [2.45, 2.75) is 30.8 Å². The minimum absolute atomic E-state index is 0.0731. The number of nitrogens with one attached hydrogen (secondary N) is 1. The number of rotatable bonds is 6. The zero-order chi connectivity index (χ0) is 18.7. The van der Waals surface area contributed by atoms with E-state index in [4.69, 9.17) is 4.74 Å².